The van der Waals surface area contributed by atoms with Gasteiger partial charge in [0.1, 0.15) is 0 Å². The predicted octanol–water partition coefficient (Wildman–Crippen LogP) is 5.33. The fourth-order valence-electron chi connectivity index (χ4n) is 3.28. The average Bonchev–Trinajstić information content (AvgIpc) is 2.64. The molecule has 2 aromatic carbocycles. The van der Waals surface area contributed by atoms with Gasteiger partial charge in [0.25, 0.3) is 10.0 Å². The quantitative estimate of drug-likeness (QED) is 0.656. The topological polar surface area (TPSA) is 57.6 Å². The number of alkyl halides is 3. The van der Waals surface area contributed by atoms with E-state index in [4.69, 9.17) is 0 Å². The fraction of sp³-hybridized carbons (Fsp3) is 0.455. The van der Waals surface area contributed by atoms with E-state index in [9.17, 15) is 26.7 Å². The van der Waals surface area contributed by atoms with Crippen LogP contribution in [0.15, 0.2) is 59.5 Å². The minimum Gasteiger partial charge on any atom is -0.376 e. The summed E-state index contributed by atoms with van der Waals surface area (Å²) in [6.45, 7) is 7.77. The average molecular weight is 444 g/mol. The number of hydrogen-bond donors (Lipinski definition) is 1. The summed E-state index contributed by atoms with van der Waals surface area (Å²) in [5, 5.41) is 10.6. The van der Waals surface area contributed by atoms with Crippen molar-refractivity contribution in [3.05, 3.63) is 60.2 Å². The Morgan fingerprint density at radius 3 is 1.83 bits per heavy atom. The molecular formula is C22H28F3NO3S. The van der Waals surface area contributed by atoms with E-state index in [0.717, 1.165) is 12.1 Å². The van der Waals surface area contributed by atoms with Crippen molar-refractivity contribution in [2.75, 3.05) is 10.8 Å². The van der Waals surface area contributed by atoms with Crippen LogP contribution < -0.4 is 4.31 Å². The second-order valence-electron chi connectivity index (χ2n) is 8.75. The predicted molar refractivity (Wildman–Crippen MR) is 112 cm³/mol. The van der Waals surface area contributed by atoms with Crippen molar-refractivity contribution in [3.8, 4) is 0 Å². The molecule has 2 rings (SSSR count). The van der Waals surface area contributed by atoms with Gasteiger partial charge in [0, 0.05) is 12.0 Å². The highest BCUT2D eigenvalue weighted by atomic mass is 32.2. The monoisotopic (exact) mass is 443 g/mol. The standard InChI is InChI=1S/C22H28F3NO3S/c1-16(2)15-26(30(28,29)19-9-7-6-8-10-19)18-13-11-17(12-14-18)21(27,20(3,4)5)22(23,24)25/h6-14,16,27H,15H2,1-5H3. The molecule has 0 aliphatic carbocycles. The summed E-state index contributed by atoms with van der Waals surface area (Å²) in [4.78, 5) is 0.0937. The van der Waals surface area contributed by atoms with E-state index in [0.29, 0.717) is 0 Å². The zero-order chi connectivity index (χ0) is 23.0. The van der Waals surface area contributed by atoms with Crippen molar-refractivity contribution < 1.29 is 26.7 Å². The van der Waals surface area contributed by atoms with Gasteiger partial charge in [-0.25, -0.2) is 8.42 Å². The molecule has 4 nitrogen and oxygen atoms in total. The highest BCUT2D eigenvalue weighted by molar-refractivity contribution is 7.92. The van der Waals surface area contributed by atoms with Gasteiger partial charge in [-0.1, -0.05) is 65.0 Å². The number of hydrogen-bond acceptors (Lipinski definition) is 3. The Balaban J connectivity index is 2.56. The van der Waals surface area contributed by atoms with E-state index >= 15 is 0 Å². The number of sulfonamides is 1. The second-order valence-corrected chi connectivity index (χ2v) is 10.6. The molecule has 166 valence electrons. The van der Waals surface area contributed by atoms with Crippen LogP contribution in [0.1, 0.15) is 40.2 Å². The van der Waals surface area contributed by atoms with E-state index in [2.05, 4.69) is 0 Å². The lowest BCUT2D eigenvalue weighted by atomic mass is 9.71. The Kier molecular flexibility index (Phi) is 6.64. The molecule has 0 aliphatic rings. The van der Waals surface area contributed by atoms with Gasteiger partial charge in [0.05, 0.1) is 10.6 Å². The smallest absolute Gasteiger partial charge is 0.376 e. The lowest BCUT2D eigenvalue weighted by Gasteiger charge is -2.42. The summed E-state index contributed by atoms with van der Waals surface area (Å²) in [5.74, 6) is -0.0233. The van der Waals surface area contributed by atoms with Crippen LogP contribution in [0.5, 0.6) is 0 Å². The molecule has 0 bridgehead atoms. The molecule has 0 saturated heterocycles. The van der Waals surface area contributed by atoms with Gasteiger partial charge in [-0.2, -0.15) is 13.2 Å². The van der Waals surface area contributed by atoms with E-state index < -0.39 is 27.2 Å². The molecule has 1 atom stereocenters. The minimum absolute atomic E-state index is 0.0233. The number of anilines is 1. The summed E-state index contributed by atoms with van der Waals surface area (Å²) in [7, 11) is -3.91. The first kappa shape index (κ1) is 24.2. The summed E-state index contributed by atoms with van der Waals surface area (Å²) >= 11 is 0. The second kappa shape index (κ2) is 8.23. The van der Waals surface area contributed by atoms with Crippen molar-refractivity contribution in [2.45, 2.75) is 51.3 Å². The van der Waals surface area contributed by atoms with Gasteiger partial charge < -0.3 is 5.11 Å². The van der Waals surface area contributed by atoms with Crippen LogP contribution in [0.25, 0.3) is 0 Å². The Morgan fingerprint density at radius 1 is 0.933 bits per heavy atom. The third-order valence-electron chi connectivity index (χ3n) is 4.93. The van der Waals surface area contributed by atoms with Crippen LogP contribution >= 0.6 is 0 Å². The Labute approximate surface area is 176 Å². The molecule has 8 heteroatoms. The van der Waals surface area contributed by atoms with Gasteiger partial charge >= 0.3 is 6.18 Å². The lowest BCUT2D eigenvalue weighted by Crippen LogP contribution is -2.52. The van der Waals surface area contributed by atoms with Gasteiger partial charge in [-0.05, 0) is 35.7 Å². The van der Waals surface area contributed by atoms with Crippen LogP contribution in [0.4, 0.5) is 18.9 Å². The molecule has 0 saturated carbocycles. The summed E-state index contributed by atoms with van der Waals surface area (Å²) in [6.07, 6.45) is -4.90. The van der Waals surface area contributed by atoms with Crippen LogP contribution in [-0.4, -0.2) is 26.2 Å². The third kappa shape index (κ3) is 4.49. The summed E-state index contributed by atoms with van der Waals surface area (Å²) in [6, 6.07) is 12.8. The van der Waals surface area contributed by atoms with Crippen LogP contribution in [0.3, 0.4) is 0 Å². The van der Waals surface area contributed by atoms with Gasteiger partial charge in [0.15, 0.2) is 5.60 Å². The molecule has 0 aromatic heterocycles. The lowest BCUT2D eigenvalue weighted by molar-refractivity contribution is -0.302. The zero-order valence-electron chi connectivity index (χ0n) is 17.7. The molecular weight excluding hydrogens is 415 g/mol. The number of benzene rings is 2. The number of rotatable bonds is 6. The fourth-order valence-corrected chi connectivity index (χ4v) is 4.93. The first-order chi connectivity index (χ1) is 13.6. The van der Waals surface area contributed by atoms with Gasteiger partial charge in [-0.3, -0.25) is 4.31 Å². The molecule has 1 N–H and O–H groups in total. The molecule has 1 unspecified atom stereocenters. The van der Waals surface area contributed by atoms with Crippen LogP contribution in [0.2, 0.25) is 0 Å². The van der Waals surface area contributed by atoms with E-state index in [1.807, 2.05) is 13.8 Å². The molecule has 0 radical (unpaired) electrons. The molecule has 0 spiro atoms. The van der Waals surface area contributed by atoms with Gasteiger partial charge in [0.2, 0.25) is 0 Å². The van der Waals surface area contributed by atoms with Crippen molar-refractivity contribution >= 4 is 15.7 Å². The summed E-state index contributed by atoms with van der Waals surface area (Å²) < 4.78 is 68.8. The zero-order valence-corrected chi connectivity index (χ0v) is 18.6. The first-order valence-corrected chi connectivity index (χ1v) is 11.0. The largest absolute Gasteiger partial charge is 0.421 e. The highest BCUT2D eigenvalue weighted by Crippen LogP contribution is 2.50. The maximum absolute atomic E-state index is 13.8. The molecule has 0 amide bonds. The number of nitrogens with zero attached hydrogens (tertiary/aromatic N) is 1. The van der Waals surface area contributed by atoms with E-state index in [-0.39, 0.29) is 28.6 Å². The van der Waals surface area contributed by atoms with Crippen LogP contribution in [0, 0.1) is 11.3 Å². The molecule has 0 aliphatic heterocycles. The van der Waals surface area contributed by atoms with Crippen molar-refractivity contribution in [1.29, 1.82) is 0 Å². The van der Waals surface area contributed by atoms with E-state index in [1.165, 1.54) is 49.3 Å². The maximum atomic E-state index is 13.8. The first-order valence-electron chi connectivity index (χ1n) is 9.60. The van der Waals surface area contributed by atoms with Crippen molar-refractivity contribution in [2.24, 2.45) is 11.3 Å². The number of halogens is 3. The Morgan fingerprint density at radius 2 is 1.43 bits per heavy atom. The molecule has 0 fully saturated rings. The maximum Gasteiger partial charge on any atom is 0.421 e. The van der Waals surface area contributed by atoms with Crippen molar-refractivity contribution in [3.63, 3.8) is 0 Å². The van der Waals surface area contributed by atoms with Crippen LogP contribution in [-0.2, 0) is 15.6 Å². The SMILES string of the molecule is CC(C)CN(c1ccc(C(O)(C(C)(C)C)C(F)(F)F)cc1)S(=O)(=O)c1ccccc1. The van der Waals surface area contributed by atoms with Gasteiger partial charge in [-0.15, -0.1) is 0 Å². The van der Waals surface area contributed by atoms with E-state index in [1.54, 1.807) is 18.2 Å². The highest BCUT2D eigenvalue weighted by Gasteiger charge is 2.61. The normalized spacial score (nSPS) is 15.1. The third-order valence-corrected chi connectivity index (χ3v) is 6.74. The summed E-state index contributed by atoms with van der Waals surface area (Å²) in [5.41, 5.74) is -4.72. The Hall–Kier alpha value is -2.06. The number of aliphatic hydroxyl groups is 1. The van der Waals surface area contributed by atoms with Crippen molar-refractivity contribution in [1.82, 2.24) is 0 Å². The minimum atomic E-state index is -4.90. The molecule has 2 aromatic rings. The molecule has 0 heterocycles. The Bertz CT molecular complexity index is 934. The molecule has 30 heavy (non-hydrogen) atoms.